The summed E-state index contributed by atoms with van der Waals surface area (Å²) in [5.41, 5.74) is 1.34. The standard InChI is InChI=1S/C15H14O3/c1-11(12-5-3-2-4-6-12)18-14-9-7-13(8-10-14)15(16)17/h2-11H,1H3,(H,16,17). The molecule has 0 spiro atoms. The van der Waals surface area contributed by atoms with Gasteiger partial charge >= 0.3 is 5.97 Å². The summed E-state index contributed by atoms with van der Waals surface area (Å²) in [6.07, 6.45) is -0.0677. The van der Waals surface area contributed by atoms with Crippen LogP contribution in [-0.4, -0.2) is 11.1 Å². The maximum Gasteiger partial charge on any atom is 0.335 e. The minimum atomic E-state index is -0.933. The molecule has 1 unspecified atom stereocenters. The van der Waals surface area contributed by atoms with E-state index in [0.29, 0.717) is 5.75 Å². The van der Waals surface area contributed by atoms with E-state index in [-0.39, 0.29) is 11.7 Å². The first-order chi connectivity index (χ1) is 8.66. The number of carboxylic acid groups (broad SMARTS) is 1. The van der Waals surface area contributed by atoms with Gasteiger partial charge in [-0.15, -0.1) is 0 Å². The molecule has 92 valence electrons. The van der Waals surface area contributed by atoms with E-state index < -0.39 is 5.97 Å². The van der Waals surface area contributed by atoms with Crippen LogP contribution in [0, 0.1) is 0 Å². The summed E-state index contributed by atoms with van der Waals surface area (Å²) in [7, 11) is 0. The number of hydrogen-bond acceptors (Lipinski definition) is 2. The Labute approximate surface area is 106 Å². The van der Waals surface area contributed by atoms with Gasteiger partial charge in [-0.3, -0.25) is 0 Å². The van der Waals surface area contributed by atoms with E-state index in [1.165, 1.54) is 12.1 Å². The van der Waals surface area contributed by atoms with Gasteiger partial charge in [-0.25, -0.2) is 4.79 Å². The molecule has 1 N–H and O–H groups in total. The van der Waals surface area contributed by atoms with Gasteiger partial charge in [0.25, 0.3) is 0 Å². The van der Waals surface area contributed by atoms with Gasteiger partial charge in [0.15, 0.2) is 0 Å². The maximum atomic E-state index is 10.7. The molecule has 2 aromatic carbocycles. The highest BCUT2D eigenvalue weighted by molar-refractivity contribution is 5.87. The summed E-state index contributed by atoms with van der Waals surface area (Å²) >= 11 is 0. The Morgan fingerprint density at radius 2 is 1.67 bits per heavy atom. The van der Waals surface area contributed by atoms with Crippen molar-refractivity contribution in [1.29, 1.82) is 0 Å². The van der Waals surface area contributed by atoms with Crippen molar-refractivity contribution in [2.24, 2.45) is 0 Å². The molecule has 2 rings (SSSR count). The maximum absolute atomic E-state index is 10.7. The second kappa shape index (κ2) is 5.36. The van der Waals surface area contributed by atoms with Crippen molar-refractivity contribution >= 4 is 5.97 Å². The quantitative estimate of drug-likeness (QED) is 0.892. The first-order valence-electron chi connectivity index (χ1n) is 5.72. The zero-order chi connectivity index (χ0) is 13.0. The Morgan fingerprint density at radius 3 is 2.22 bits per heavy atom. The minimum absolute atomic E-state index is 0.0677. The van der Waals surface area contributed by atoms with Gasteiger partial charge in [0.2, 0.25) is 0 Å². The van der Waals surface area contributed by atoms with Crippen LogP contribution in [0.25, 0.3) is 0 Å². The third-order valence-corrected chi connectivity index (χ3v) is 2.68. The second-order valence-electron chi connectivity index (χ2n) is 4.00. The molecule has 3 heteroatoms. The van der Waals surface area contributed by atoms with E-state index >= 15 is 0 Å². The van der Waals surface area contributed by atoms with Crippen molar-refractivity contribution in [3.8, 4) is 5.75 Å². The van der Waals surface area contributed by atoms with Crippen LogP contribution in [0.3, 0.4) is 0 Å². The molecular weight excluding hydrogens is 228 g/mol. The molecular formula is C15H14O3. The number of carbonyl (C=O) groups is 1. The zero-order valence-electron chi connectivity index (χ0n) is 10.0. The zero-order valence-corrected chi connectivity index (χ0v) is 10.0. The number of ether oxygens (including phenoxy) is 1. The first kappa shape index (κ1) is 12.2. The minimum Gasteiger partial charge on any atom is -0.486 e. The van der Waals surface area contributed by atoms with Crippen LogP contribution in [0.1, 0.15) is 28.9 Å². The fourth-order valence-corrected chi connectivity index (χ4v) is 1.67. The monoisotopic (exact) mass is 242 g/mol. The van der Waals surface area contributed by atoms with E-state index in [2.05, 4.69) is 0 Å². The molecule has 0 bridgehead atoms. The van der Waals surface area contributed by atoms with Gasteiger partial charge in [-0.1, -0.05) is 30.3 Å². The van der Waals surface area contributed by atoms with Crippen LogP contribution in [0.2, 0.25) is 0 Å². The van der Waals surface area contributed by atoms with E-state index in [9.17, 15) is 4.79 Å². The lowest BCUT2D eigenvalue weighted by molar-refractivity contribution is 0.0697. The van der Waals surface area contributed by atoms with Gasteiger partial charge in [0, 0.05) is 0 Å². The van der Waals surface area contributed by atoms with Crippen molar-refractivity contribution in [2.45, 2.75) is 13.0 Å². The molecule has 0 aliphatic rings. The van der Waals surface area contributed by atoms with Crippen molar-refractivity contribution < 1.29 is 14.6 Å². The summed E-state index contributed by atoms with van der Waals surface area (Å²) in [6.45, 7) is 1.96. The molecule has 2 aromatic rings. The highest BCUT2D eigenvalue weighted by Crippen LogP contribution is 2.21. The van der Waals surface area contributed by atoms with Gasteiger partial charge in [0.05, 0.1) is 5.56 Å². The fraction of sp³-hybridized carbons (Fsp3) is 0.133. The summed E-state index contributed by atoms with van der Waals surface area (Å²) in [6, 6.07) is 16.3. The number of hydrogen-bond donors (Lipinski definition) is 1. The molecule has 0 aliphatic carbocycles. The summed E-state index contributed by atoms with van der Waals surface area (Å²) in [4.78, 5) is 10.7. The topological polar surface area (TPSA) is 46.5 Å². The summed E-state index contributed by atoms with van der Waals surface area (Å²) in [5.74, 6) is -0.269. The Hall–Kier alpha value is -2.29. The molecule has 0 aromatic heterocycles. The van der Waals surface area contributed by atoms with Crippen LogP contribution in [0.4, 0.5) is 0 Å². The second-order valence-corrected chi connectivity index (χ2v) is 4.00. The lowest BCUT2D eigenvalue weighted by Crippen LogP contribution is -2.03. The molecule has 3 nitrogen and oxygen atoms in total. The van der Waals surface area contributed by atoms with E-state index in [4.69, 9.17) is 9.84 Å². The van der Waals surface area contributed by atoms with Gasteiger partial charge < -0.3 is 9.84 Å². The van der Waals surface area contributed by atoms with Gasteiger partial charge in [0.1, 0.15) is 11.9 Å². The third-order valence-electron chi connectivity index (χ3n) is 2.68. The Kier molecular flexibility index (Phi) is 3.63. The fourth-order valence-electron chi connectivity index (χ4n) is 1.67. The van der Waals surface area contributed by atoms with E-state index in [1.807, 2.05) is 37.3 Å². The van der Waals surface area contributed by atoms with E-state index in [0.717, 1.165) is 5.56 Å². The van der Waals surface area contributed by atoms with Crippen LogP contribution < -0.4 is 4.74 Å². The summed E-state index contributed by atoms with van der Waals surface area (Å²) in [5, 5.41) is 8.79. The Bertz CT molecular complexity index is 517. The average molecular weight is 242 g/mol. The lowest BCUT2D eigenvalue weighted by atomic mass is 10.1. The number of benzene rings is 2. The summed E-state index contributed by atoms with van der Waals surface area (Å²) < 4.78 is 5.74. The molecule has 0 fully saturated rings. The number of aromatic carboxylic acids is 1. The molecule has 0 amide bonds. The Balaban J connectivity index is 2.08. The van der Waals surface area contributed by atoms with Crippen molar-refractivity contribution in [1.82, 2.24) is 0 Å². The number of carboxylic acids is 1. The lowest BCUT2D eigenvalue weighted by Gasteiger charge is -2.15. The predicted molar refractivity (Wildman–Crippen MR) is 68.9 cm³/mol. The van der Waals surface area contributed by atoms with Crippen molar-refractivity contribution in [3.05, 3.63) is 65.7 Å². The van der Waals surface area contributed by atoms with E-state index in [1.54, 1.807) is 12.1 Å². The molecule has 0 saturated heterocycles. The molecule has 0 saturated carbocycles. The molecule has 0 aliphatic heterocycles. The molecule has 1 atom stereocenters. The molecule has 18 heavy (non-hydrogen) atoms. The third kappa shape index (κ3) is 2.88. The van der Waals surface area contributed by atoms with Crippen molar-refractivity contribution in [3.63, 3.8) is 0 Å². The first-order valence-corrected chi connectivity index (χ1v) is 5.72. The Morgan fingerprint density at radius 1 is 1.06 bits per heavy atom. The van der Waals surface area contributed by atoms with Gasteiger partial charge in [-0.05, 0) is 36.8 Å². The van der Waals surface area contributed by atoms with Crippen LogP contribution in [0.15, 0.2) is 54.6 Å². The highest BCUT2D eigenvalue weighted by Gasteiger charge is 2.07. The van der Waals surface area contributed by atoms with Crippen LogP contribution >= 0.6 is 0 Å². The smallest absolute Gasteiger partial charge is 0.335 e. The molecule has 0 heterocycles. The van der Waals surface area contributed by atoms with Crippen molar-refractivity contribution in [2.75, 3.05) is 0 Å². The largest absolute Gasteiger partial charge is 0.486 e. The number of rotatable bonds is 4. The normalized spacial score (nSPS) is 11.8. The van der Waals surface area contributed by atoms with Crippen LogP contribution in [-0.2, 0) is 0 Å². The average Bonchev–Trinajstić information content (AvgIpc) is 2.40. The van der Waals surface area contributed by atoms with Crippen LogP contribution in [0.5, 0.6) is 5.75 Å². The predicted octanol–water partition coefficient (Wildman–Crippen LogP) is 3.52. The molecule has 0 radical (unpaired) electrons. The SMILES string of the molecule is CC(Oc1ccc(C(=O)O)cc1)c1ccccc1. The highest BCUT2D eigenvalue weighted by atomic mass is 16.5. The van der Waals surface area contributed by atoms with Gasteiger partial charge in [-0.2, -0.15) is 0 Å².